The normalized spacial score (nSPS) is 16.8. The van der Waals surface area contributed by atoms with Crippen LogP contribution in [0.4, 0.5) is 0 Å². The molecule has 0 aromatic heterocycles. The summed E-state index contributed by atoms with van der Waals surface area (Å²) in [4.78, 5) is 20.8. The van der Waals surface area contributed by atoms with Gasteiger partial charge in [0.15, 0.2) is 5.96 Å². The SMILES string of the molecule is CN(C)C(=O)CNC(=NCc1ccccc1)NC1CCCN(Cc2ccccc2)C1.I. The molecular formula is C24H34IN5O. The standard InChI is InChI=1S/C24H33N5O.HI/c1-28(2)23(30)17-26-24(25-16-20-10-5-3-6-11-20)27-22-14-9-15-29(19-22)18-21-12-7-4-8-13-21;/h3-8,10-13,22H,9,14-19H2,1-2H3,(H2,25,26,27);1H. The fourth-order valence-corrected chi connectivity index (χ4v) is 3.58. The van der Waals surface area contributed by atoms with Crippen LogP contribution in [-0.4, -0.2) is 61.4 Å². The smallest absolute Gasteiger partial charge is 0.241 e. The predicted octanol–water partition coefficient (Wildman–Crippen LogP) is 3.09. The Morgan fingerprint density at radius 3 is 2.35 bits per heavy atom. The summed E-state index contributed by atoms with van der Waals surface area (Å²) < 4.78 is 0. The fourth-order valence-electron chi connectivity index (χ4n) is 3.58. The summed E-state index contributed by atoms with van der Waals surface area (Å²) in [5.74, 6) is 0.721. The molecule has 0 bridgehead atoms. The second-order valence-corrected chi connectivity index (χ2v) is 8.00. The Morgan fingerprint density at radius 1 is 1.06 bits per heavy atom. The first-order chi connectivity index (χ1) is 14.6. The van der Waals surface area contributed by atoms with E-state index in [1.807, 2.05) is 18.2 Å². The molecule has 1 heterocycles. The Labute approximate surface area is 203 Å². The van der Waals surface area contributed by atoms with Crippen LogP contribution in [0.25, 0.3) is 0 Å². The van der Waals surface area contributed by atoms with Gasteiger partial charge in [-0.1, -0.05) is 60.7 Å². The van der Waals surface area contributed by atoms with Gasteiger partial charge in [-0.2, -0.15) is 0 Å². The van der Waals surface area contributed by atoms with Crippen LogP contribution in [0.1, 0.15) is 24.0 Å². The lowest BCUT2D eigenvalue weighted by molar-refractivity contribution is -0.127. The Morgan fingerprint density at radius 2 is 1.71 bits per heavy atom. The van der Waals surface area contributed by atoms with Gasteiger partial charge in [-0.05, 0) is 30.5 Å². The first-order valence-corrected chi connectivity index (χ1v) is 10.7. The zero-order chi connectivity index (χ0) is 21.2. The van der Waals surface area contributed by atoms with E-state index < -0.39 is 0 Å². The first-order valence-electron chi connectivity index (χ1n) is 10.7. The number of hydrogen-bond acceptors (Lipinski definition) is 3. The third-order valence-electron chi connectivity index (χ3n) is 5.26. The van der Waals surface area contributed by atoms with Crippen molar-refractivity contribution < 1.29 is 4.79 Å². The van der Waals surface area contributed by atoms with Gasteiger partial charge in [-0.3, -0.25) is 9.69 Å². The summed E-state index contributed by atoms with van der Waals surface area (Å²) in [6.07, 6.45) is 2.24. The number of hydrogen-bond donors (Lipinski definition) is 2. The topological polar surface area (TPSA) is 60.0 Å². The van der Waals surface area contributed by atoms with E-state index >= 15 is 0 Å². The second-order valence-electron chi connectivity index (χ2n) is 8.00. The van der Waals surface area contributed by atoms with Gasteiger partial charge in [-0.15, -0.1) is 24.0 Å². The Kier molecular flexibility index (Phi) is 10.8. The Balaban J connectivity index is 0.00000341. The Bertz CT molecular complexity index is 813. The average molecular weight is 535 g/mol. The molecule has 2 aromatic carbocycles. The van der Waals surface area contributed by atoms with Gasteiger partial charge in [0, 0.05) is 33.2 Å². The van der Waals surface area contributed by atoms with Crippen molar-refractivity contribution in [1.82, 2.24) is 20.4 Å². The van der Waals surface area contributed by atoms with Gasteiger partial charge >= 0.3 is 0 Å². The maximum Gasteiger partial charge on any atom is 0.241 e. The number of amides is 1. The quantitative estimate of drug-likeness (QED) is 0.325. The van der Waals surface area contributed by atoms with Crippen molar-refractivity contribution >= 4 is 35.8 Å². The molecule has 1 atom stereocenters. The second kappa shape index (κ2) is 13.3. The first kappa shape index (κ1) is 25.1. The number of likely N-dealkylation sites (N-methyl/N-ethyl adjacent to an activating group) is 1. The molecular weight excluding hydrogens is 501 g/mol. The van der Waals surface area contributed by atoms with E-state index in [0.29, 0.717) is 18.5 Å². The van der Waals surface area contributed by atoms with Crippen molar-refractivity contribution in [3.63, 3.8) is 0 Å². The summed E-state index contributed by atoms with van der Waals surface area (Å²) in [7, 11) is 3.53. The number of nitrogens with one attached hydrogen (secondary N) is 2. The van der Waals surface area contributed by atoms with Gasteiger partial charge in [0.05, 0.1) is 13.1 Å². The van der Waals surface area contributed by atoms with E-state index in [1.54, 1.807) is 19.0 Å². The van der Waals surface area contributed by atoms with Crippen LogP contribution in [0, 0.1) is 0 Å². The summed E-state index contributed by atoms with van der Waals surface area (Å²) >= 11 is 0. The molecule has 7 heteroatoms. The molecule has 0 spiro atoms. The van der Waals surface area contributed by atoms with Crippen LogP contribution < -0.4 is 10.6 Å². The predicted molar refractivity (Wildman–Crippen MR) is 138 cm³/mol. The van der Waals surface area contributed by atoms with Gasteiger partial charge in [0.25, 0.3) is 0 Å². The largest absolute Gasteiger partial charge is 0.352 e. The fraction of sp³-hybridized carbons (Fsp3) is 0.417. The lowest BCUT2D eigenvalue weighted by atomic mass is 10.0. The Hall–Kier alpha value is -2.13. The molecule has 2 aromatic rings. The zero-order valence-electron chi connectivity index (χ0n) is 18.5. The molecule has 6 nitrogen and oxygen atoms in total. The van der Waals surface area contributed by atoms with Gasteiger partial charge < -0.3 is 15.5 Å². The lowest BCUT2D eigenvalue weighted by Crippen LogP contribution is -2.52. The van der Waals surface area contributed by atoms with E-state index in [4.69, 9.17) is 4.99 Å². The highest BCUT2D eigenvalue weighted by Crippen LogP contribution is 2.14. The summed E-state index contributed by atoms with van der Waals surface area (Å²) in [5.41, 5.74) is 2.48. The van der Waals surface area contributed by atoms with Crippen molar-refractivity contribution in [2.45, 2.75) is 32.0 Å². The minimum absolute atomic E-state index is 0. The maximum atomic E-state index is 12.0. The number of carbonyl (C=O) groups is 1. The van der Waals surface area contributed by atoms with Gasteiger partial charge in [-0.25, -0.2) is 4.99 Å². The van der Waals surface area contributed by atoms with Crippen LogP contribution in [-0.2, 0) is 17.9 Å². The maximum absolute atomic E-state index is 12.0. The molecule has 1 unspecified atom stereocenters. The molecule has 1 saturated heterocycles. The average Bonchev–Trinajstić information content (AvgIpc) is 2.77. The molecule has 0 radical (unpaired) electrons. The number of aliphatic imine (C=N–C) groups is 1. The molecule has 2 N–H and O–H groups in total. The summed E-state index contributed by atoms with van der Waals surface area (Å²) in [5, 5.41) is 6.77. The lowest BCUT2D eigenvalue weighted by Gasteiger charge is -2.34. The monoisotopic (exact) mass is 535 g/mol. The van der Waals surface area contributed by atoms with Crippen LogP contribution in [0.2, 0.25) is 0 Å². The van der Waals surface area contributed by atoms with Crippen LogP contribution >= 0.6 is 24.0 Å². The van der Waals surface area contributed by atoms with Crippen molar-refractivity contribution in [3.05, 3.63) is 71.8 Å². The molecule has 0 saturated carbocycles. The third-order valence-corrected chi connectivity index (χ3v) is 5.26. The molecule has 3 rings (SSSR count). The number of likely N-dealkylation sites (tertiary alicyclic amines) is 1. The van der Waals surface area contributed by atoms with Gasteiger partial charge in [0.2, 0.25) is 5.91 Å². The number of benzene rings is 2. The highest BCUT2D eigenvalue weighted by molar-refractivity contribution is 14.0. The molecule has 1 aliphatic heterocycles. The van der Waals surface area contributed by atoms with E-state index in [1.165, 1.54) is 5.56 Å². The van der Waals surface area contributed by atoms with E-state index in [0.717, 1.165) is 38.0 Å². The zero-order valence-corrected chi connectivity index (χ0v) is 20.8. The summed E-state index contributed by atoms with van der Waals surface area (Å²) in [6.45, 7) is 3.83. The number of halogens is 1. The number of carbonyl (C=O) groups excluding carboxylic acids is 1. The van der Waals surface area contributed by atoms with E-state index in [9.17, 15) is 4.79 Å². The number of nitrogens with zero attached hydrogens (tertiary/aromatic N) is 3. The highest BCUT2D eigenvalue weighted by atomic mass is 127. The number of piperidine rings is 1. The third kappa shape index (κ3) is 8.86. The minimum Gasteiger partial charge on any atom is -0.352 e. The van der Waals surface area contributed by atoms with Crippen molar-refractivity contribution in [3.8, 4) is 0 Å². The van der Waals surface area contributed by atoms with Crippen molar-refractivity contribution in [2.75, 3.05) is 33.7 Å². The van der Waals surface area contributed by atoms with Crippen molar-refractivity contribution in [2.24, 2.45) is 4.99 Å². The van der Waals surface area contributed by atoms with E-state index in [-0.39, 0.29) is 36.4 Å². The minimum atomic E-state index is 0. The van der Waals surface area contributed by atoms with Crippen LogP contribution in [0.3, 0.4) is 0 Å². The number of rotatable bonds is 7. The van der Waals surface area contributed by atoms with E-state index in [2.05, 4.69) is 58.0 Å². The van der Waals surface area contributed by atoms with Gasteiger partial charge in [0.1, 0.15) is 0 Å². The van der Waals surface area contributed by atoms with Crippen LogP contribution in [0.15, 0.2) is 65.7 Å². The number of guanidine groups is 1. The molecule has 0 aliphatic carbocycles. The summed E-state index contributed by atoms with van der Waals surface area (Å²) in [6, 6.07) is 21.1. The highest BCUT2D eigenvalue weighted by Gasteiger charge is 2.21. The molecule has 1 amide bonds. The molecule has 168 valence electrons. The molecule has 1 aliphatic rings. The molecule has 1 fully saturated rings. The molecule has 31 heavy (non-hydrogen) atoms. The van der Waals surface area contributed by atoms with Crippen molar-refractivity contribution in [1.29, 1.82) is 0 Å². The van der Waals surface area contributed by atoms with Crippen LogP contribution in [0.5, 0.6) is 0 Å².